The molecular weight excluding hydrogens is 271 g/mol. The van der Waals surface area contributed by atoms with Gasteiger partial charge in [-0.05, 0) is 25.1 Å². The number of rotatable bonds is 2. The first-order chi connectivity index (χ1) is 8.52. The van der Waals surface area contributed by atoms with Crippen molar-refractivity contribution < 1.29 is 0 Å². The lowest BCUT2D eigenvalue weighted by molar-refractivity contribution is 0.985. The van der Waals surface area contributed by atoms with Crippen LogP contribution in [0.4, 0.5) is 5.82 Å². The fourth-order valence-corrected chi connectivity index (χ4v) is 2.22. The van der Waals surface area contributed by atoms with E-state index in [0.717, 1.165) is 5.56 Å². The molecule has 0 fully saturated rings. The summed E-state index contributed by atoms with van der Waals surface area (Å²) in [5.41, 5.74) is 13.6. The van der Waals surface area contributed by atoms with Gasteiger partial charge < -0.3 is 11.5 Å². The van der Waals surface area contributed by atoms with E-state index in [1.54, 1.807) is 25.1 Å². The Hall–Kier alpha value is -1.36. The van der Waals surface area contributed by atoms with E-state index in [4.69, 9.17) is 34.7 Å². The van der Waals surface area contributed by atoms with Crippen LogP contribution in [0.1, 0.15) is 11.4 Å². The standard InChI is InChI=1S/C12H12Cl2N4/c1-6-17-11(9(5-15)12(16)18-6)8-3-2-7(13)4-10(8)14/h2-4H,5,15H2,1H3,(H2,16,17,18). The highest BCUT2D eigenvalue weighted by atomic mass is 35.5. The minimum atomic E-state index is 0.250. The monoisotopic (exact) mass is 282 g/mol. The SMILES string of the molecule is Cc1nc(N)c(CN)c(-c2ccc(Cl)cc2Cl)n1. The van der Waals surface area contributed by atoms with E-state index >= 15 is 0 Å². The van der Waals surface area contributed by atoms with Crippen LogP contribution in [0.25, 0.3) is 11.3 Å². The molecule has 0 aliphatic carbocycles. The van der Waals surface area contributed by atoms with Gasteiger partial charge in [0.1, 0.15) is 11.6 Å². The number of halogens is 2. The Morgan fingerprint density at radius 1 is 1.22 bits per heavy atom. The van der Waals surface area contributed by atoms with E-state index < -0.39 is 0 Å². The summed E-state index contributed by atoms with van der Waals surface area (Å²) in [6.07, 6.45) is 0. The van der Waals surface area contributed by atoms with Crippen molar-refractivity contribution in [3.05, 3.63) is 39.6 Å². The van der Waals surface area contributed by atoms with Crippen LogP contribution in [-0.4, -0.2) is 9.97 Å². The molecule has 0 saturated carbocycles. The molecule has 0 aliphatic heterocycles. The van der Waals surface area contributed by atoms with Gasteiger partial charge in [-0.25, -0.2) is 9.97 Å². The molecule has 0 atom stereocenters. The number of anilines is 1. The summed E-state index contributed by atoms with van der Waals surface area (Å²) in [4.78, 5) is 8.46. The quantitative estimate of drug-likeness (QED) is 0.888. The van der Waals surface area contributed by atoms with Gasteiger partial charge in [0.2, 0.25) is 0 Å². The van der Waals surface area contributed by atoms with Crippen LogP contribution in [0.5, 0.6) is 0 Å². The Bertz CT molecular complexity index is 599. The zero-order valence-electron chi connectivity index (χ0n) is 9.74. The molecule has 0 spiro atoms. The summed E-state index contributed by atoms with van der Waals surface area (Å²) in [6.45, 7) is 2.02. The highest BCUT2D eigenvalue weighted by molar-refractivity contribution is 6.36. The van der Waals surface area contributed by atoms with Crippen molar-refractivity contribution in [2.45, 2.75) is 13.5 Å². The van der Waals surface area contributed by atoms with Crippen molar-refractivity contribution in [1.82, 2.24) is 9.97 Å². The van der Waals surface area contributed by atoms with E-state index in [9.17, 15) is 0 Å². The second-order valence-corrected chi connectivity index (χ2v) is 4.66. The molecule has 6 heteroatoms. The lowest BCUT2D eigenvalue weighted by atomic mass is 10.1. The molecule has 94 valence electrons. The summed E-state index contributed by atoms with van der Waals surface area (Å²) in [6, 6.07) is 5.20. The molecular formula is C12H12Cl2N4. The Morgan fingerprint density at radius 2 is 1.94 bits per heavy atom. The predicted octanol–water partition coefficient (Wildman–Crippen LogP) is 2.80. The number of nitrogen functional groups attached to an aromatic ring is 1. The minimum Gasteiger partial charge on any atom is -0.383 e. The molecule has 1 aromatic carbocycles. The van der Waals surface area contributed by atoms with Gasteiger partial charge in [0.25, 0.3) is 0 Å². The van der Waals surface area contributed by atoms with Crippen LogP contribution in [0, 0.1) is 6.92 Å². The van der Waals surface area contributed by atoms with Gasteiger partial charge in [0, 0.05) is 22.7 Å². The lowest BCUT2D eigenvalue weighted by Gasteiger charge is -2.11. The van der Waals surface area contributed by atoms with Crippen LogP contribution >= 0.6 is 23.2 Å². The minimum absolute atomic E-state index is 0.250. The van der Waals surface area contributed by atoms with E-state index in [-0.39, 0.29) is 6.54 Å². The fourth-order valence-electron chi connectivity index (χ4n) is 1.72. The average molecular weight is 283 g/mol. The number of benzene rings is 1. The second-order valence-electron chi connectivity index (χ2n) is 3.81. The Balaban J connectivity index is 2.69. The number of hydrogen-bond donors (Lipinski definition) is 2. The zero-order valence-corrected chi connectivity index (χ0v) is 11.3. The number of hydrogen-bond acceptors (Lipinski definition) is 4. The van der Waals surface area contributed by atoms with Crippen LogP contribution in [0.2, 0.25) is 10.0 Å². The highest BCUT2D eigenvalue weighted by Crippen LogP contribution is 2.32. The molecule has 2 aromatic rings. The summed E-state index contributed by atoms with van der Waals surface area (Å²) in [5, 5.41) is 1.08. The van der Waals surface area contributed by atoms with Gasteiger partial charge in [-0.1, -0.05) is 23.2 Å². The van der Waals surface area contributed by atoms with Crippen LogP contribution in [-0.2, 0) is 6.54 Å². The third-order valence-corrected chi connectivity index (χ3v) is 3.09. The Labute approximate surface area is 115 Å². The van der Waals surface area contributed by atoms with Crippen molar-refractivity contribution in [2.24, 2.45) is 5.73 Å². The lowest BCUT2D eigenvalue weighted by Crippen LogP contribution is -2.09. The molecule has 1 aromatic heterocycles. The van der Waals surface area contributed by atoms with Gasteiger partial charge in [-0.15, -0.1) is 0 Å². The number of aromatic nitrogens is 2. The fraction of sp³-hybridized carbons (Fsp3) is 0.167. The molecule has 0 saturated heterocycles. The maximum atomic E-state index is 6.17. The van der Waals surface area contributed by atoms with Crippen LogP contribution in [0.15, 0.2) is 18.2 Å². The first-order valence-electron chi connectivity index (χ1n) is 5.31. The van der Waals surface area contributed by atoms with Crippen molar-refractivity contribution in [3.63, 3.8) is 0 Å². The molecule has 0 aliphatic rings. The third-order valence-electron chi connectivity index (χ3n) is 2.54. The molecule has 0 bridgehead atoms. The van der Waals surface area contributed by atoms with Crippen molar-refractivity contribution in [3.8, 4) is 11.3 Å². The highest BCUT2D eigenvalue weighted by Gasteiger charge is 2.14. The zero-order chi connectivity index (χ0) is 13.3. The Morgan fingerprint density at radius 3 is 2.56 bits per heavy atom. The number of nitrogens with two attached hydrogens (primary N) is 2. The maximum absolute atomic E-state index is 6.17. The van der Waals surface area contributed by atoms with Crippen molar-refractivity contribution in [1.29, 1.82) is 0 Å². The summed E-state index contributed by atoms with van der Waals surface area (Å²) in [5.74, 6) is 0.955. The molecule has 0 amide bonds. The van der Waals surface area contributed by atoms with Gasteiger partial charge in [0.05, 0.1) is 10.7 Å². The topological polar surface area (TPSA) is 77.8 Å². The van der Waals surface area contributed by atoms with E-state index in [1.165, 1.54) is 0 Å². The largest absolute Gasteiger partial charge is 0.383 e. The van der Waals surface area contributed by atoms with Crippen LogP contribution in [0.3, 0.4) is 0 Å². The van der Waals surface area contributed by atoms with Crippen molar-refractivity contribution >= 4 is 29.0 Å². The molecule has 2 rings (SSSR count). The second kappa shape index (κ2) is 5.10. The van der Waals surface area contributed by atoms with E-state index in [1.807, 2.05) is 0 Å². The summed E-state index contributed by atoms with van der Waals surface area (Å²) in [7, 11) is 0. The maximum Gasteiger partial charge on any atom is 0.132 e. The molecule has 1 heterocycles. The normalized spacial score (nSPS) is 10.7. The average Bonchev–Trinajstić information content (AvgIpc) is 2.28. The molecule has 0 unspecified atom stereocenters. The molecule has 18 heavy (non-hydrogen) atoms. The van der Waals surface area contributed by atoms with Crippen molar-refractivity contribution in [2.75, 3.05) is 5.73 Å². The van der Waals surface area contributed by atoms with Gasteiger partial charge in [0.15, 0.2) is 0 Å². The summed E-state index contributed by atoms with van der Waals surface area (Å²) >= 11 is 12.0. The number of aryl methyl sites for hydroxylation is 1. The van der Waals surface area contributed by atoms with Gasteiger partial charge in [-0.2, -0.15) is 0 Å². The van der Waals surface area contributed by atoms with Gasteiger partial charge >= 0.3 is 0 Å². The molecule has 4 N–H and O–H groups in total. The molecule has 0 radical (unpaired) electrons. The Kier molecular flexibility index (Phi) is 3.71. The van der Waals surface area contributed by atoms with E-state index in [2.05, 4.69) is 9.97 Å². The van der Waals surface area contributed by atoms with Gasteiger partial charge in [-0.3, -0.25) is 0 Å². The third kappa shape index (κ3) is 2.41. The molecule has 4 nitrogen and oxygen atoms in total. The summed E-state index contributed by atoms with van der Waals surface area (Å²) < 4.78 is 0. The first-order valence-corrected chi connectivity index (χ1v) is 6.07. The number of nitrogens with zero attached hydrogens (tertiary/aromatic N) is 2. The first kappa shape index (κ1) is 13.1. The predicted molar refractivity (Wildman–Crippen MR) is 74.5 cm³/mol. The van der Waals surface area contributed by atoms with Crippen LogP contribution < -0.4 is 11.5 Å². The smallest absolute Gasteiger partial charge is 0.132 e. The van der Waals surface area contributed by atoms with E-state index in [0.29, 0.717) is 32.9 Å².